The van der Waals surface area contributed by atoms with Gasteiger partial charge in [0.1, 0.15) is 5.69 Å². The van der Waals surface area contributed by atoms with E-state index in [0.717, 1.165) is 25.9 Å². The Labute approximate surface area is 173 Å². The molecule has 0 aliphatic carbocycles. The number of carbonyl (C=O) groups is 2. The van der Waals surface area contributed by atoms with Gasteiger partial charge >= 0.3 is 5.97 Å². The molecule has 1 aromatic carbocycles. The maximum Gasteiger partial charge on any atom is 0.339 e. The minimum absolute atomic E-state index is 0.00596. The van der Waals surface area contributed by atoms with Crippen molar-refractivity contribution in [1.29, 1.82) is 0 Å². The first-order chi connectivity index (χ1) is 14.3. The van der Waals surface area contributed by atoms with Crippen molar-refractivity contribution in [2.24, 2.45) is 5.92 Å². The number of aromatic nitrogens is 2. The SMILES string of the molecule is CC1CCN(c2ccc(C(=O)OC(C)C(=O)Nc3ncccn3)cc2[N+](=O)[O-])CC1. The first-order valence-electron chi connectivity index (χ1n) is 9.67. The molecule has 158 valence electrons. The Hall–Kier alpha value is -3.56. The largest absolute Gasteiger partial charge is 0.449 e. The fourth-order valence-corrected chi connectivity index (χ4v) is 3.17. The van der Waals surface area contributed by atoms with Crippen molar-refractivity contribution in [1.82, 2.24) is 9.97 Å². The molecule has 0 spiro atoms. The number of nitro groups is 1. The van der Waals surface area contributed by atoms with Gasteiger partial charge in [0, 0.05) is 31.5 Å². The number of nitro benzene ring substituents is 1. The highest BCUT2D eigenvalue weighted by Crippen LogP contribution is 2.32. The molecule has 1 unspecified atom stereocenters. The molecule has 2 heterocycles. The highest BCUT2D eigenvalue weighted by molar-refractivity contribution is 5.97. The standard InChI is InChI=1S/C20H23N5O5/c1-13-6-10-24(11-7-13)16-5-4-15(12-17(16)25(28)29)19(27)30-14(2)18(26)23-20-21-8-3-9-22-20/h3-5,8-9,12-14H,6-7,10-11H2,1-2H3,(H,21,22,23,26). The van der Waals surface area contributed by atoms with Crippen LogP contribution >= 0.6 is 0 Å². The highest BCUT2D eigenvalue weighted by Gasteiger charge is 2.26. The van der Waals surface area contributed by atoms with E-state index in [1.165, 1.54) is 31.5 Å². The van der Waals surface area contributed by atoms with Crippen LogP contribution in [0.1, 0.15) is 37.0 Å². The highest BCUT2D eigenvalue weighted by atomic mass is 16.6. The molecule has 1 amide bonds. The Kier molecular flexibility index (Phi) is 6.55. The Bertz CT molecular complexity index is 928. The summed E-state index contributed by atoms with van der Waals surface area (Å²) < 4.78 is 5.16. The van der Waals surface area contributed by atoms with Crippen LogP contribution in [0.15, 0.2) is 36.7 Å². The molecule has 3 rings (SSSR count). The van der Waals surface area contributed by atoms with E-state index in [2.05, 4.69) is 22.2 Å². The van der Waals surface area contributed by atoms with Crippen molar-refractivity contribution < 1.29 is 19.2 Å². The van der Waals surface area contributed by atoms with Crippen LogP contribution < -0.4 is 10.2 Å². The Morgan fingerprint density at radius 1 is 1.27 bits per heavy atom. The van der Waals surface area contributed by atoms with E-state index in [4.69, 9.17) is 4.74 Å². The van der Waals surface area contributed by atoms with Gasteiger partial charge in [-0.05, 0) is 43.9 Å². The van der Waals surface area contributed by atoms with Gasteiger partial charge in [-0.3, -0.25) is 20.2 Å². The molecule has 1 saturated heterocycles. The molecule has 1 aromatic heterocycles. The molecule has 1 aliphatic rings. The monoisotopic (exact) mass is 413 g/mol. The zero-order valence-corrected chi connectivity index (χ0v) is 16.8. The van der Waals surface area contributed by atoms with Crippen molar-refractivity contribution in [2.75, 3.05) is 23.3 Å². The predicted molar refractivity (Wildman–Crippen MR) is 109 cm³/mol. The van der Waals surface area contributed by atoms with Gasteiger partial charge in [-0.1, -0.05) is 6.92 Å². The first kappa shape index (κ1) is 21.2. The molecule has 1 fully saturated rings. The minimum Gasteiger partial charge on any atom is -0.449 e. The van der Waals surface area contributed by atoms with Crippen molar-refractivity contribution >= 4 is 29.2 Å². The summed E-state index contributed by atoms with van der Waals surface area (Å²) in [6.45, 7) is 5.01. The molecule has 0 saturated carbocycles. The fourth-order valence-electron chi connectivity index (χ4n) is 3.17. The summed E-state index contributed by atoms with van der Waals surface area (Å²) in [4.78, 5) is 45.4. The molecule has 2 aromatic rings. The van der Waals surface area contributed by atoms with Crippen LogP contribution in [0.2, 0.25) is 0 Å². The average molecular weight is 413 g/mol. The molecule has 1 atom stereocenters. The van der Waals surface area contributed by atoms with Crippen molar-refractivity contribution in [3.05, 3.63) is 52.3 Å². The van der Waals surface area contributed by atoms with E-state index in [0.29, 0.717) is 11.6 Å². The number of rotatable bonds is 6. The van der Waals surface area contributed by atoms with Gasteiger partial charge < -0.3 is 9.64 Å². The van der Waals surface area contributed by atoms with Gasteiger partial charge in [0.25, 0.3) is 11.6 Å². The molecule has 30 heavy (non-hydrogen) atoms. The zero-order valence-electron chi connectivity index (χ0n) is 16.8. The van der Waals surface area contributed by atoms with Crippen LogP contribution in [0.25, 0.3) is 0 Å². The zero-order chi connectivity index (χ0) is 21.7. The predicted octanol–water partition coefficient (Wildman–Crippen LogP) is 2.81. The first-order valence-corrected chi connectivity index (χ1v) is 9.67. The molecule has 0 bridgehead atoms. The minimum atomic E-state index is -1.14. The molecular formula is C20H23N5O5. The van der Waals surface area contributed by atoms with E-state index >= 15 is 0 Å². The molecule has 1 N–H and O–H groups in total. The number of anilines is 2. The normalized spacial score (nSPS) is 15.3. The lowest BCUT2D eigenvalue weighted by molar-refractivity contribution is -0.384. The average Bonchev–Trinajstić information content (AvgIpc) is 2.74. The number of esters is 1. The molecule has 0 radical (unpaired) electrons. The van der Waals surface area contributed by atoms with E-state index in [-0.39, 0.29) is 17.2 Å². The van der Waals surface area contributed by atoms with Crippen molar-refractivity contribution in [3.63, 3.8) is 0 Å². The number of carbonyl (C=O) groups excluding carboxylic acids is 2. The number of benzene rings is 1. The van der Waals surface area contributed by atoms with Gasteiger partial charge in [-0.15, -0.1) is 0 Å². The van der Waals surface area contributed by atoms with Crippen LogP contribution in [-0.4, -0.2) is 46.0 Å². The van der Waals surface area contributed by atoms with Crippen LogP contribution in [0.5, 0.6) is 0 Å². The Morgan fingerprint density at radius 2 is 1.93 bits per heavy atom. The maximum atomic E-state index is 12.4. The van der Waals surface area contributed by atoms with Gasteiger partial charge in [0.15, 0.2) is 6.10 Å². The lowest BCUT2D eigenvalue weighted by Gasteiger charge is -2.31. The summed E-state index contributed by atoms with van der Waals surface area (Å²) >= 11 is 0. The number of nitrogens with one attached hydrogen (secondary N) is 1. The Morgan fingerprint density at radius 3 is 2.57 bits per heavy atom. The second kappa shape index (κ2) is 9.29. The lowest BCUT2D eigenvalue weighted by atomic mass is 9.98. The summed E-state index contributed by atoms with van der Waals surface area (Å²) in [5, 5.41) is 14.0. The summed E-state index contributed by atoms with van der Waals surface area (Å²) in [7, 11) is 0. The van der Waals surface area contributed by atoms with Crippen LogP contribution in [0, 0.1) is 16.0 Å². The number of ether oxygens (including phenoxy) is 1. The third-order valence-electron chi connectivity index (χ3n) is 4.99. The third-order valence-corrected chi connectivity index (χ3v) is 4.99. The topological polar surface area (TPSA) is 128 Å². The number of hydrogen-bond donors (Lipinski definition) is 1. The number of amides is 1. The number of hydrogen-bond acceptors (Lipinski definition) is 8. The van der Waals surface area contributed by atoms with Gasteiger partial charge in [0.05, 0.1) is 10.5 Å². The fraction of sp³-hybridized carbons (Fsp3) is 0.400. The van der Waals surface area contributed by atoms with Crippen LogP contribution in [0.3, 0.4) is 0 Å². The lowest BCUT2D eigenvalue weighted by Crippen LogP contribution is -2.33. The van der Waals surface area contributed by atoms with E-state index in [9.17, 15) is 19.7 Å². The van der Waals surface area contributed by atoms with E-state index in [1.807, 2.05) is 4.90 Å². The van der Waals surface area contributed by atoms with Crippen molar-refractivity contribution in [2.45, 2.75) is 32.8 Å². The summed E-state index contributed by atoms with van der Waals surface area (Å²) in [5.74, 6) is -0.763. The van der Waals surface area contributed by atoms with E-state index in [1.54, 1.807) is 12.1 Å². The van der Waals surface area contributed by atoms with Gasteiger partial charge in [-0.25, -0.2) is 14.8 Å². The smallest absolute Gasteiger partial charge is 0.339 e. The molecule has 1 aliphatic heterocycles. The summed E-state index contributed by atoms with van der Waals surface area (Å²) in [5.41, 5.74) is 0.329. The summed E-state index contributed by atoms with van der Waals surface area (Å²) in [6.07, 6.45) is 3.70. The molecular weight excluding hydrogens is 390 g/mol. The third kappa shape index (κ3) is 5.07. The molecule has 10 heteroatoms. The van der Waals surface area contributed by atoms with E-state index < -0.39 is 22.9 Å². The second-order valence-electron chi connectivity index (χ2n) is 7.24. The molecule has 10 nitrogen and oxygen atoms in total. The Balaban J connectivity index is 1.70. The maximum absolute atomic E-state index is 12.4. The number of piperidine rings is 1. The second-order valence-corrected chi connectivity index (χ2v) is 7.24. The van der Waals surface area contributed by atoms with Gasteiger partial charge in [-0.2, -0.15) is 0 Å². The quantitative estimate of drug-likeness (QED) is 0.435. The van der Waals surface area contributed by atoms with Crippen molar-refractivity contribution in [3.8, 4) is 0 Å². The van der Waals surface area contributed by atoms with Gasteiger partial charge in [0.2, 0.25) is 5.95 Å². The van der Waals surface area contributed by atoms with Crippen LogP contribution in [-0.2, 0) is 9.53 Å². The number of nitrogens with zero attached hydrogens (tertiary/aromatic N) is 4. The summed E-state index contributed by atoms with van der Waals surface area (Å²) in [6, 6.07) is 5.83. The van der Waals surface area contributed by atoms with Crippen LogP contribution in [0.4, 0.5) is 17.3 Å².